The van der Waals surface area contributed by atoms with Crippen molar-refractivity contribution in [1.82, 2.24) is 16.0 Å². The Labute approximate surface area is 254 Å². The second-order valence-corrected chi connectivity index (χ2v) is 12.0. The Bertz CT molecular complexity index is 1310. The van der Waals surface area contributed by atoms with Crippen LogP contribution in [0.5, 0.6) is 5.75 Å². The number of nitrogens with one attached hydrogen (secondary N) is 4. The highest BCUT2D eigenvalue weighted by Gasteiger charge is 2.24. The SMILES string of the molecule is Cc1ccc(OCc2cccc(NC(=O)C(C)NC(=O)C(C)NC(=O)CCNC(=O)C(CC(=O)O)SC(C)C)c2)c(F)c1. The predicted octanol–water partition coefficient (Wildman–Crippen LogP) is 3.15. The van der Waals surface area contributed by atoms with E-state index in [1.807, 2.05) is 13.8 Å². The third kappa shape index (κ3) is 12.7. The van der Waals surface area contributed by atoms with E-state index in [0.717, 1.165) is 5.56 Å². The number of hydrogen-bond donors (Lipinski definition) is 5. The molecule has 13 heteroatoms. The molecule has 234 valence electrons. The molecule has 43 heavy (non-hydrogen) atoms. The van der Waals surface area contributed by atoms with E-state index >= 15 is 0 Å². The number of hydrogen-bond acceptors (Lipinski definition) is 7. The van der Waals surface area contributed by atoms with Crippen molar-refractivity contribution in [3.05, 3.63) is 59.4 Å². The van der Waals surface area contributed by atoms with Gasteiger partial charge in [-0.3, -0.25) is 24.0 Å². The molecule has 5 N–H and O–H groups in total. The Morgan fingerprint density at radius 3 is 2.28 bits per heavy atom. The quantitative estimate of drug-likeness (QED) is 0.192. The fourth-order valence-corrected chi connectivity index (χ4v) is 4.86. The maximum absolute atomic E-state index is 14.0. The number of carboxylic acid groups (broad SMARTS) is 1. The Hall–Kier alpha value is -4.13. The van der Waals surface area contributed by atoms with Gasteiger partial charge in [-0.25, -0.2) is 4.39 Å². The van der Waals surface area contributed by atoms with Crippen LogP contribution in [-0.4, -0.2) is 63.8 Å². The van der Waals surface area contributed by atoms with Crippen molar-refractivity contribution in [3.63, 3.8) is 0 Å². The Morgan fingerprint density at radius 2 is 1.63 bits per heavy atom. The molecule has 11 nitrogen and oxygen atoms in total. The number of thioether (sulfide) groups is 1. The molecule has 3 unspecified atom stereocenters. The van der Waals surface area contributed by atoms with E-state index in [0.29, 0.717) is 11.3 Å². The minimum absolute atomic E-state index is 0.0311. The number of carbonyl (C=O) groups is 5. The molecule has 2 rings (SSSR count). The minimum Gasteiger partial charge on any atom is -0.486 e. The van der Waals surface area contributed by atoms with Gasteiger partial charge in [0.25, 0.3) is 0 Å². The third-order valence-electron chi connectivity index (χ3n) is 5.94. The van der Waals surface area contributed by atoms with Gasteiger partial charge in [-0.05, 0) is 61.4 Å². The molecule has 0 aliphatic heterocycles. The molecule has 0 saturated heterocycles. The summed E-state index contributed by atoms with van der Waals surface area (Å²) in [5, 5.41) is 18.6. The number of rotatable bonds is 16. The average molecular weight is 619 g/mol. The molecular formula is C30H39FN4O7S. The predicted molar refractivity (Wildman–Crippen MR) is 162 cm³/mol. The third-order valence-corrected chi connectivity index (χ3v) is 7.19. The molecule has 0 spiro atoms. The van der Waals surface area contributed by atoms with Gasteiger partial charge in [-0.15, -0.1) is 11.8 Å². The lowest BCUT2D eigenvalue weighted by Gasteiger charge is -2.19. The van der Waals surface area contributed by atoms with E-state index in [-0.39, 0.29) is 37.0 Å². The summed E-state index contributed by atoms with van der Waals surface area (Å²) in [5.74, 6) is -3.50. The zero-order valence-electron chi connectivity index (χ0n) is 24.9. The van der Waals surface area contributed by atoms with Gasteiger partial charge < -0.3 is 31.1 Å². The summed E-state index contributed by atoms with van der Waals surface area (Å²) >= 11 is 1.22. The van der Waals surface area contributed by atoms with Crippen LogP contribution in [0.25, 0.3) is 0 Å². The highest BCUT2D eigenvalue weighted by molar-refractivity contribution is 8.01. The number of amides is 4. The molecule has 0 radical (unpaired) electrons. The summed E-state index contributed by atoms with van der Waals surface area (Å²) in [6.45, 7) is 8.48. The van der Waals surface area contributed by atoms with Gasteiger partial charge in [0.1, 0.15) is 18.7 Å². The molecule has 0 saturated carbocycles. The van der Waals surface area contributed by atoms with Crippen LogP contribution in [0.4, 0.5) is 10.1 Å². The summed E-state index contributed by atoms with van der Waals surface area (Å²) in [6, 6.07) is 9.58. The number of ether oxygens (including phenoxy) is 1. The lowest BCUT2D eigenvalue weighted by molar-refractivity contribution is -0.138. The number of carbonyl (C=O) groups excluding carboxylic acids is 4. The smallest absolute Gasteiger partial charge is 0.305 e. The largest absolute Gasteiger partial charge is 0.486 e. The van der Waals surface area contributed by atoms with Gasteiger partial charge in [0.2, 0.25) is 23.6 Å². The molecule has 2 aromatic rings. The van der Waals surface area contributed by atoms with Crippen molar-refractivity contribution in [3.8, 4) is 5.75 Å². The van der Waals surface area contributed by atoms with Crippen molar-refractivity contribution in [2.45, 2.75) is 76.7 Å². The maximum Gasteiger partial charge on any atom is 0.305 e. The van der Waals surface area contributed by atoms with Crippen LogP contribution in [-0.2, 0) is 30.6 Å². The van der Waals surface area contributed by atoms with E-state index in [2.05, 4.69) is 21.3 Å². The zero-order valence-corrected chi connectivity index (χ0v) is 25.7. The first kappa shape index (κ1) is 35.1. The van der Waals surface area contributed by atoms with Crippen molar-refractivity contribution in [1.29, 1.82) is 0 Å². The Morgan fingerprint density at radius 1 is 0.930 bits per heavy atom. The molecule has 0 heterocycles. The van der Waals surface area contributed by atoms with E-state index in [1.54, 1.807) is 43.3 Å². The molecule has 3 atom stereocenters. The number of aryl methyl sites for hydroxylation is 1. The lowest BCUT2D eigenvalue weighted by Crippen LogP contribution is -2.50. The molecular weight excluding hydrogens is 579 g/mol. The molecule has 0 aliphatic rings. The van der Waals surface area contributed by atoms with Crippen molar-refractivity contribution < 1.29 is 38.2 Å². The number of halogens is 1. The van der Waals surface area contributed by atoms with E-state index in [1.165, 1.54) is 31.7 Å². The molecule has 0 aliphatic carbocycles. The van der Waals surface area contributed by atoms with Gasteiger partial charge in [0.05, 0.1) is 11.7 Å². The second kappa shape index (κ2) is 17.1. The summed E-state index contributed by atoms with van der Waals surface area (Å²) in [4.78, 5) is 60.9. The van der Waals surface area contributed by atoms with E-state index in [4.69, 9.17) is 9.84 Å². The lowest BCUT2D eigenvalue weighted by atomic mass is 10.2. The van der Waals surface area contributed by atoms with Crippen LogP contribution in [0.1, 0.15) is 51.7 Å². The highest BCUT2D eigenvalue weighted by atomic mass is 32.2. The first-order valence-corrected chi connectivity index (χ1v) is 14.7. The average Bonchev–Trinajstić information content (AvgIpc) is 2.91. The maximum atomic E-state index is 14.0. The summed E-state index contributed by atoms with van der Waals surface area (Å²) in [7, 11) is 0. The molecule has 2 aromatic carbocycles. The Kier molecular flexibility index (Phi) is 13.9. The van der Waals surface area contributed by atoms with Gasteiger partial charge in [0, 0.05) is 18.7 Å². The normalized spacial score (nSPS) is 12.9. The number of aliphatic carboxylic acids is 1. The van der Waals surface area contributed by atoms with Crippen LogP contribution < -0.4 is 26.0 Å². The molecule has 4 amide bonds. The van der Waals surface area contributed by atoms with Crippen LogP contribution >= 0.6 is 11.8 Å². The fraction of sp³-hybridized carbons (Fsp3) is 0.433. The molecule has 0 bridgehead atoms. The van der Waals surface area contributed by atoms with Crippen LogP contribution in [0.15, 0.2) is 42.5 Å². The summed E-state index contributed by atoms with van der Waals surface area (Å²) in [5.41, 5.74) is 1.93. The number of anilines is 1. The molecule has 0 fully saturated rings. The first-order valence-electron chi connectivity index (χ1n) is 13.8. The topological polar surface area (TPSA) is 163 Å². The minimum atomic E-state index is -1.09. The number of benzene rings is 2. The summed E-state index contributed by atoms with van der Waals surface area (Å²) < 4.78 is 19.6. The monoisotopic (exact) mass is 618 g/mol. The van der Waals surface area contributed by atoms with Crippen LogP contribution in [0.2, 0.25) is 0 Å². The second-order valence-electron chi connectivity index (χ2n) is 10.2. The van der Waals surface area contributed by atoms with Crippen molar-refractivity contribution >= 4 is 47.0 Å². The van der Waals surface area contributed by atoms with Gasteiger partial charge in [-0.2, -0.15) is 0 Å². The van der Waals surface area contributed by atoms with Gasteiger partial charge >= 0.3 is 5.97 Å². The van der Waals surface area contributed by atoms with E-state index < -0.39 is 52.7 Å². The van der Waals surface area contributed by atoms with Crippen molar-refractivity contribution in [2.75, 3.05) is 11.9 Å². The highest BCUT2D eigenvalue weighted by Crippen LogP contribution is 2.21. The Balaban J connectivity index is 1.79. The molecule has 0 aromatic heterocycles. The fourth-order valence-electron chi connectivity index (χ4n) is 3.76. The van der Waals surface area contributed by atoms with Crippen LogP contribution in [0, 0.1) is 12.7 Å². The van der Waals surface area contributed by atoms with E-state index in [9.17, 15) is 28.4 Å². The van der Waals surface area contributed by atoms with Crippen molar-refractivity contribution in [2.24, 2.45) is 0 Å². The summed E-state index contributed by atoms with van der Waals surface area (Å²) in [6.07, 6.45) is -0.457. The van der Waals surface area contributed by atoms with Crippen LogP contribution in [0.3, 0.4) is 0 Å². The standard InChI is InChI=1S/C30H39FN4O7S/c1-17(2)43-25(15-27(37)38)30(41)32-12-11-26(36)33-19(4)28(39)34-20(5)29(40)35-22-8-6-7-21(14-22)16-42-24-10-9-18(3)13-23(24)31/h6-10,13-14,17,19-20,25H,11-12,15-16H2,1-5H3,(H,32,41)(H,33,36)(H,34,39)(H,35,40)(H,37,38). The van der Waals surface area contributed by atoms with Gasteiger partial charge in [-0.1, -0.05) is 32.0 Å². The van der Waals surface area contributed by atoms with Gasteiger partial charge in [0.15, 0.2) is 11.6 Å². The first-order chi connectivity index (χ1) is 20.2. The number of carboxylic acids is 1. The zero-order chi connectivity index (χ0) is 32.1.